The molecule has 2 aliphatic rings. The van der Waals surface area contributed by atoms with Gasteiger partial charge >= 0.3 is 0 Å². The summed E-state index contributed by atoms with van der Waals surface area (Å²) in [6.45, 7) is 5.74. The van der Waals surface area contributed by atoms with Crippen LogP contribution >= 0.6 is 11.8 Å². The van der Waals surface area contributed by atoms with E-state index >= 15 is 0 Å². The molecule has 4 heteroatoms. The quantitative estimate of drug-likeness (QED) is 0.838. The Morgan fingerprint density at radius 1 is 1.47 bits per heavy atom. The first-order valence-corrected chi connectivity index (χ1v) is 7.88. The second kappa shape index (κ2) is 6.64. The predicted octanol–water partition coefficient (Wildman–Crippen LogP) is 2.19. The Balaban J connectivity index is 1.78. The summed E-state index contributed by atoms with van der Waals surface area (Å²) in [5, 5.41) is 4.74. The fourth-order valence-electron chi connectivity index (χ4n) is 2.62. The molecule has 0 bridgehead atoms. The molecule has 17 heavy (non-hydrogen) atoms. The lowest BCUT2D eigenvalue weighted by molar-refractivity contribution is 0.214. The highest BCUT2D eigenvalue weighted by Gasteiger charge is 2.19. The van der Waals surface area contributed by atoms with Gasteiger partial charge in [0.25, 0.3) is 0 Å². The number of amidine groups is 1. The normalized spacial score (nSPS) is 33.6. The molecule has 2 saturated heterocycles. The van der Waals surface area contributed by atoms with Crippen molar-refractivity contribution in [2.45, 2.75) is 38.6 Å². The van der Waals surface area contributed by atoms with Crippen molar-refractivity contribution in [3.8, 4) is 0 Å². The van der Waals surface area contributed by atoms with Gasteiger partial charge in [-0.15, -0.1) is 0 Å². The molecule has 0 aromatic carbocycles. The van der Waals surface area contributed by atoms with Gasteiger partial charge < -0.3 is 10.2 Å². The number of thioether (sulfide) groups is 1. The van der Waals surface area contributed by atoms with Crippen LogP contribution in [0.3, 0.4) is 0 Å². The average molecular weight is 255 g/mol. The molecule has 0 amide bonds. The first kappa shape index (κ1) is 13.2. The summed E-state index contributed by atoms with van der Waals surface area (Å²) >= 11 is 1.90. The van der Waals surface area contributed by atoms with Gasteiger partial charge in [0, 0.05) is 24.9 Å². The van der Waals surface area contributed by atoms with Crippen LogP contribution in [0.4, 0.5) is 0 Å². The zero-order valence-corrected chi connectivity index (χ0v) is 11.9. The molecule has 2 atom stereocenters. The molecule has 1 N–H and O–H groups in total. The van der Waals surface area contributed by atoms with E-state index in [2.05, 4.69) is 24.2 Å². The van der Waals surface area contributed by atoms with Crippen LogP contribution in [0, 0.1) is 5.92 Å². The van der Waals surface area contributed by atoms with E-state index < -0.39 is 0 Å². The van der Waals surface area contributed by atoms with Gasteiger partial charge in [0.15, 0.2) is 5.17 Å². The number of rotatable bonds is 3. The molecule has 2 rings (SSSR count). The van der Waals surface area contributed by atoms with E-state index in [0.29, 0.717) is 6.04 Å². The molecular weight excluding hydrogens is 230 g/mol. The fraction of sp³-hybridized carbons (Fsp3) is 0.923. The average Bonchev–Trinajstić information content (AvgIpc) is 2.37. The van der Waals surface area contributed by atoms with Crippen LogP contribution in [0.5, 0.6) is 0 Å². The Kier molecular flexibility index (Phi) is 5.16. The number of aliphatic imine (C=N–C) groups is 1. The van der Waals surface area contributed by atoms with Gasteiger partial charge in [-0.25, -0.2) is 0 Å². The number of hydrogen-bond acceptors (Lipinski definition) is 3. The van der Waals surface area contributed by atoms with E-state index in [9.17, 15) is 0 Å². The summed E-state index contributed by atoms with van der Waals surface area (Å²) in [7, 11) is 2.22. The second-order valence-electron chi connectivity index (χ2n) is 5.30. The SMILES string of the molecule is CCC1CCSC(=NCC2CCCN(C)C2)N1. The van der Waals surface area contributed by atoms with E-state index in [1.807, 2.05) is 11.8 Å². The van der Waals surface area contributed by atoms with E-state index in [0.717, 1.165) is 12.5 Å². The van der Waals surface area contributed by atoms with Crippen LogP contribution in [0.25, 0.3) is 0 Å². The molecule has 2 heterocycles. The van der Waals surface area contributed by atoms with Crippen molar-refractivity contribution in [2.75, 3.05) is 32.4 Å². The van der Waals surface area contributed by atoms with Gasteiger partial charge in [-0.05, 0) is 45.2 Å². The largest absolute Gasteiger partial charge is 0.362 e. The summed E-state index contributed by atoms with van der Waals surface area (Å²) in [5.74, 6) is 2.00. The molecule has 98 valence electrons. The minimum Gasteiger partial charge on any atom is -0.362 e. The van der Waals surface area contributed by atoms with Gasteiger partial charge in [-0.2, -0.15) is 0 Å². The van der Waals surface area contributed by atoms with Gasteiger partial charge in [0.05, 0.1) is 0 Å². The van der Waals surface area contributed by atoms with E-state index in [1.54, 1.807) is 0 Å². The monoisotopic (exact) mass is 255 g/mol. The summed E-state index contributed by atoms with van der Waals surface area (Å²) in [4.78, 5) is 7.22. The third-order valence-corrected chi connectivity index (χ3v) is 4.70. The fourth-order valence-corrected chi connectivity index (χ4v) is 3.63. The van der Waals surface area contributed by atoms with Crippen LogP contribution in [0.1, 0.15) is 32.6 Å². The standard InChI is InChI=1S/C13H25N3S/c1-3-12-6-8-17-13(15-12)14-9-11-5-4-7-16(2)10-11/h11-12H,3-10H2,1-2H3,(H,14,15). The second-order valence-corrected chi connectivity index (χ2v) is 6.39. The van der Waals surface area contributed by atoms with Crippen LogP contribution in [-0.2, 0) is 0 Å². The smallest absolute Gasteiger partial charge is 0.156 e. The van der Waals surface area contributed by atoms with Crippen LogP contribution in [-0.4, -0.2) is 48.5 Å². The lowest BCUT2D eigenvalue weighted by Gasteiger charge is -2.29. The number of hydrogen-bond donors (Lipinski definition) is 1. The minimum absolute atomic E-state index is 0.657. The number of nitrogens with one attached hydrogen (secondary N) is 1. The maximum absolute atomic E-state index is 4.78. The number of piperidine rings is 1. The maximum atomic E-state index is 4.78. The Hall–Kier alpha value is -0.220. The Morgan fingerprint density at radius 3 is 3.12 bits per heavy atom. The highest BCUT2D eigenvalue weighted by molar-refractivity contribution is 8.13. The maximum Gasteiger partial charge on any atom is 0.156 e. The van der Waals surface area contributed by atoms with Gasteiger partial charge in [0.1, 0.15) is 0 Å². The zero-order valence-electron chi connectivity index (χ0n) is 11.1. The van der Waals surface area contributed by atoms with Gasteiger partial charge in [-0.1, -0.05) is 18.7 Å². The number of likely N-dealkylation sites (tertiary alicyclic amines) is 1. The number of nitrogens with zero attached hydrogens (tertiary/aromatic N) is 2. The van der Waals surface area contributed by atoms with Gasteiger partial charge in [0.2, 0.25) is 0 Å². The Labute approximate surface area is 109 Å². The summed E-state index contributed by atoms with van der Waals surface area (Å²) in [6.07, 6.45) is 5.19. The van der Waals surface area contributed by atoms with Crippen LogP contribution in [0.15, 0.2) is 4.99 Å². The lowest BCUT2D eigenvalue weighted by atomic mass is 9.99. The molecule has 0 radical (unpaired) electrons. The molecule has 3 nitrogen and oxygen atoms in total. The Morgan fingerprint density at radius 2 is 2.35 bits per heavy atom. The molecule has 2 unspecified atom stereocenters. The molecule has 0 aromatic heterocycles. The third-order valence-electron chi connectivity index (χ3n) is 3.74. The van der Waals surface area contributed by atoms with Crippen molar-refractivity contribution in [3.05, 3.63) is 0 Å². The predicted molar refractivity (Wildman–Crippen MR) is 76.8 cm³/mol. The first-order valence-electron chi connectivity index (χ1n) is 6.90. The lowest BCUT2D eigenvalue weighted by Crippen LogP contribution is -2.38. The molecule has 0 aliphatic carbocycles. The summed E-state index contributed by atoms with van der Waals surface area (Å²) < 4.78 is 0. The van der Waals surface area contributed by atoms with Crippen molar-refractivity contribution < 1.29 is 0 Å². The summed E-state index contributed by atoms with van der Waals surface area (Å²) in [6, 6.07) is 0.657. The highest BCUT2D eigenvalue weighted by Crippen LogP contribution is 2.18. The van der Waals surface area contributed by atoms with E-state index in [1.165, 1.54) is 49.7 Å². The molecule has 0 saturated carbocycles. The van der Waals surface area contributed by atoms with E-state index in [-0.39, 0.29) is 0 Å². The van der Waals surface area contributed by atoms with Gasteiger partial charge in [-0.3, -0.25) is 4.99 Å². The molecule has 2 fully saturated rings. The van der Waals surface area contributed by atoms with E-state index in [4.69, 9.17) is 4.99 Å². The van der Waals surface area contributed by atoms with Crippen molar-refractivity contribution in [1.82, 2.24) is 10.2 Å². The van der Waals surface area contributed by atoms with Crippen LogP contribution < -0.4 is 5.32 Å². The summed E-state index contributed by atoms with van der Waals surface area (Å²) in [5.41, 5.74) is 0. The zero-order chi connectivity index (χ0) is 12.1. The third kappa shape index (κ3) is 4.18. The van der Waals surface area contributed by atoms with Crippen molar-refractivity contribution in [1.29, 1.82) is 0 Å². The highest BCUT2D eigenvalue weighted by atomic mass is 32.2. The molecule has 0 spiro atoms. The minimum atomic E-state index is 0.657. The van der Waals surface area contributed by atoms with Crippen molar-refractivity contribution in [2.24, 2.45) is 10.9 Å². The molecule has 2 aliphatic heterocycles. The van der Waals surface area contributed by atoms with Crippen molar-refractivity contribution >= 4 is 16.9 Å². The van der Waals surface area contributed by atoms with Crippen LogP contribution in [0.2, 0.25) is 0 Å². The Bertz CT molecular complexity index is 267. The van der Waals surface area contributed by atoms with Crippen molar-refractivity contribution in [3.63, 3.8) is 0 Å². The first-order chi connectivity index (χ1) is 8.28. The molecular formula is C13H25N3S. The molecule has 0 aromatic rings. The topological polar surface area (TPSA) is 27.6 Å².